The first kappa shape index (κ1) is 15.8. The summed E-state index contributed by atoms with van der Waals surface area (Å²) in [4.78, 5) is 21.7. The van der Waals surface area contributed by atoms with E-state index >= 15 is 0 Å². The van der Waals surface area contributed by atoms with Crippen LogP contribution in [0, 0.1) is 0 Å². The lowest BCUT2D eigenvalue weighted by Gasteiger charge is -2.09. The predicted octanol–water partition coefficient (Wildman–Crippen LogP) is 2.09. The van der Waals surface area contributed by atoms with Gasteiger partial charge in [-0.15, -0.1) is 0 Å². The van der Waals surface area contributed by atoms with Crippen molar-refractivity contribution in [2.45, 2.75) is 12.6 Å². The Morgan fingerprint density at radius 3 is 2.40 bits per heavy atom. The first-order chi connectivity index (χ1) is 9.30. The van der Waals surface area contributed by atoms with Gasteiger partial charge < -0.3 is 15.7 Å². The number of carboxylic acid groups (broad SMARTS) is 1. The third kappa shape index (κ3) is 5.17. The summed E-state index contributed by atoms with van der Waals surface area (Å²) in [7, 11) is 0. The van der Waals surface area contributed by atoms with Gasteiger partial charge >= 0.3 is 12.3 Å². The van der Waals surface area contributed by atoms with Crippen LogP contribution in [0.15, 0.2) is 24.3 Å². The molecule has 20 heavy (non-hydrogen) atoms. The van der Waals surface area contributed by atoms with Gasteiger partial charge in [0.2, 0.25) is 0 Å². The average molecular weight is 290 g/mol. The summed E-state index contributed by atoms with van der Waals surface area (Å²) in [5.41, 5.74) is -0.983. The molecule has 1 aromatic rings. The van der Waals surface area contributed by atoms with Gasteiger partial charge in [0.25, 0.3) is 5.91 Å². The standard InChI is InChI=1S/C12H13F3N2O3/c13-12(14,15)9-4-1-3-8(7-9)10(18)16-5-2-6-17-11(19)20/h1,3-4,7,17H,2,5-6H2,(H,16,18)(H,19,20). The number of hydrogen-bond donors (Lipinski definition) is 3. The number of amides is 2. The second kappa shape index (κ2) is 6.78. The highest BCUT2D eigenvalue weighted by atomic mass is 19.4. The molecule has 0 saturated carbocycles. The zero-order valence-electron chi connectivity index (χ0n) is 10.3. The minimum absolute atomic E-state index is 0.0916. The number of halogens is 3. The van der Waals surface area contributed by atoms with Crippen LogP contribution in [0.2, 0.25) is 0 Å². The number of rotatable bonds is 5. The normalized spacial score (nSPS) is 10.9. The Morgan fingerprint density at radius 2 is 1.80 bits per heavy atom. The number of benzene rings is 1. The van der Waals surface area contributed by atoms with E-state index in [-0.39, 0.29) is 18.7 Å². The molecule has 2 amide bonds. The maximum atomic E-state index is 12.5. The largest absolute Gasteiger partial charge is 0.465 e. The maximum absolute atomic E-state index is 12.5. The molecule has 0 fully saturated rings. The average Bonchev–Trinajstić information content (AvgIpc) is 2.37. The highest BCUT2D eigenvalue weighted by Crippen LogP contribution is 2.29. The molecular weight excluding hydrogens is 277 g/mol. The third-order valence-electron chi connectivity index (χ3n) is 2.37. The van der Waals surface area contributed by atoms with Crippen molar-refractivity contribution in [3.05, 3.63) is 35.4 Å². The molecule has 5 nitrogen and oxygen atoms in total. The zero-order valence-corrected chi connectivity index (χ0v) is 10.3. The third-order valence-corrected chi connectivity index (χ3v) is 2.37. The van der Waals surface area contributed by atoms with Gasteiger partial charge in [-0.25, -0.2) is 4.79 Å². The summed E-state index contributed by atoms with van der Waals surface area (Å²) >= 11 is 0. The van der Waals surface area contributed by atoms with Crippen LogP contribution in [0.5, 0.6) is 0 Å². The van der Waals surface area contributed by atoms with Gasteiger partial charge in [0.05, 0.1) is 5.56 Å². The fourth-order valence-electron chi connectivity index (χ4n) is 1.42. The first-order valence-electron chi connectivity index (χ1n) is 5.73. The van der Waals surface area contributed by atoms with Crippen molar-refractivity contribution in [3.63, 3.8) is 0 Å². The topological polar surface area (TPSA) is 78.4 Å². The van der Waals surface area contributed by atoms with Gasteiger partial charge in [-0.3, -0.25) is 4.79 Å². The van der Waals surface area contributed by atoms with Gasteiger partial charge in [-0.05, 0) is 24.6 Å². The summed E-state index contributed by atoms with van der Waals surface area (Å²) in [5.74, 6) is -0.633. The highest BCUT2D eigenvalue weighted by molar-refractivity contribution is 5.94. The van der Waals surface area contributed by atoms with Crippen LogP contribution in [-0.2, 0) is 6.18 Å². The summed E-state index contributed by atoms with van der Waals surface area (Å²) in [5, 5.41) is 12.8. The molecule has 8 heteroatoms. The van der Waals surface area contributed by atoms with Crippen molar-refractivity contribution < 1.29 is 27.9 Å². The van der Waals surface area contributed by atoms with E-state index in [1.165, 1.54) is 6.07 Å². The smallest absolute Gasteiger partial charge is 0.416 e. The van der Waals surface area contributed by atoms with Crippen molar-refractivity contribution in [1.82, 2.24) is 10.6 Å². The fourth-order valence-corrected chi connectivity index (χ4v) is 1.42. The molecule has 0 aliphatic carbocycles. The van der Waals surface area contributed by atoms with Crippen molar-refractivity contribution in [1.29, 1.82) is 0 Å². The van der Waals surface area contributed by atoms with E-state index < -0.39 is 23.7 Å². The van der Waals surface area contributed by atoms with E-state index in [4.69, 9.17) is 5.11 Å². The Labute approximate surface area is 112 Å². The van der Waals surface area contributed by atoms with Gasteiger partial charge in [0, 0.05) is 18.7 Å². The minimum Gasteiger partial charge on any atom is -0.465 e. The quantitative estimate of drug-likeness (QED) is 0.727. The van der Waals surface area contributed by atoms with Crippen molar-refractivity contribution in [2.24, 2.45) is 0 Å². The molecule has 1 rings (SSSR count). The summed E-state index contributed by atoms with van der Waals surface area (Å²) in [6, 6.07) is 4.09. The summed E-state index contributed by atoms with van der Waals surface area (Å²) < 4.78 is 37.4. The second-order valence-electron chi connectivity index (χ2n) is 3.92. The van der Waals surface area contributed by atoms with Crippen LogP contribution in [0.3, 0.4) is 0 Å². The first-order valence-corrected chi connectivity index (χ1v) is 5.73. The van der Waals surface area contributed by atoms with Gasteiger partial charge in [0.1, 0.15) is 0 Å². The molecule has 0 spiro atoms. The molecule has 0 bridgehead atoms. The summed E-state index contributed by atoms with van der Waals surface area (Å²) in [6.45, 7) is 0.313. The Bertz CT molecular complexity index is 489. The van der Waals surface area contributed by atoms with E-state index in [1.807, 2.05) is 0 Å². The molecule has 1 aromatic carbocycles. The highest BCUT2D eigenvalue weighted by Gasteiger charge is 2.30. The Kier molecular flexibility index (Phi) is 5.36. The van der Waals surface area contributed by atoms with Crippen LogP contribution in [-0.4, -0.2) is 30.2 Å². The van der Waals surface area contributed by atoms with Crippen LogP contribution in [0.1, 0.15) is 22.3 Å². The molecular formula is C12H13F3N2O3. The van der Waals surface area contributed by atoms with Gasteiger partial charge in [-0.2, -0.15) is 13.2 Å². The fraction of sp³-hybridized carbons (Fsp3) is 0.333. The maximum Gasteiger partial charge on any atom is 0.416 e. The molecule has 0 atom stereocenters. The van der Waals surface area contributed by atoms with Crippen molar-refractivity contribution in [3.8, 4) is 0 Å². The lowest BCUT2D eigenvalue weighted by Crippen LogP contribution is -2.29. The van der Waals surface area contributed by atoms with E-state index in [0.29, 0.717) is 6.42 Å². The van der Waals surface area contributed by atoms with E-state index in [9.17, 15) is 22.8 Å². The van der Waals surface area contributed by atoms with Crippen molar-refractivity contribution >= 4 is 12.0 Å². The molecule has 0 radical (unpaired) electrons. The number of carbonyl (C=O) groups is 2. The van der Waals surface area contributed by atoms with Crippen LogP contribution >= 0.6 is 0 Å². The van der Waals surface area contributed by atoms with E-state index in [0.717, 1.165) is 18.2 Å². The number of alkyl halides is 3. The van der Waals surface area contributed by atoms with Crippen LogP contribution in [0.4, 0.5) is 18.0 Å². The number of nitrogens with one attached hydrogen (secondary N) is 2. The SMILES string of the molecule is O=C(O)NCCCNC(=O)c1cccc(C(F)(F)F)c1. The van der Waals surface area contributed by atoms with E-state index in [1.54, 1.807) is 0 Å². The Hall–Kier alpha value is -2.25. The Balaban J connectivity index is 2.50. The monoisotopic (exact) mass is 290 g/mol. The van der Waals surface area contributed by atoms with E-state index in [2.05, 4.69) is 10.6 Å². The molecule has 0 aromatic heterocycles. The lowest BCUT2D eigenvalue weighted by molar-refractivity contribution is -0.137. The van der Waals surface area contributed by atoms with Gasteiger partial charge in [-0.1, -0.05) is 6.07 Å². The predicted molar refractivity (Wildman–Crippen MR) is 64.4 cm³/mol. The molecule has 0 heterocycles. The molecule has 0 saturated heterocycles. The van der Waals surface area contributed by atoms with Gasteiger partial charge in [0.15, 0.2) is 0 Å². The minimum atomic E-state index is -4.50. The van der Waals surface area contributed by atoms with Crippen LogP contribution in [0.25, 0.3) is 0 Å². The molecule has 0 aliphatic rings. The number of carbonyl (C=O) groups excluding carboxylic acids is 1. The molecule has 0 unspecified atom stereocenters. The van der Waals surface area contributed by atoms with Crippen molar-refractivity contribution in [2.75, 3.05) is 13.1 Å². The van der Waals surface area contributed by atoms with Crippen LogP contribution < -0.4 is 10.6 Å². The lowest BCUT2D eigenvalue weighted by atomic mass is 10.1. The Morgan fingerprint density at radius 1 is 1.15 bits per heavy atom. The molecule has 3 N–H and O–H groups in total. The molecule has 0 aliphatic heterocycles. The zero-order chi connectivity index (χ0) is 15.2. The summed E-state index contributed by atoms with van der Waals surface area (Å²) in [6.07, 6.45) is -5.33. The second-order valence-corrected chi connectivity index (χ2v) is 3.92. The molecule has 110 valence electrons. The number of hydrogen-bond acceptors (Lipinski definition) is 2.